The van der Waals surface area contributed by atoms with Gasteiger partial charge in [-0.05, 0) is 37.3 Å². The van der Waals surface area contributed by atoms with Gasteiger partial charge in [-0.1, -0.05) is 11.6 Å². The molecule has 3 rings (SSSR count). The van der Waals surface area contributed by atoms with Crippen LogP contribution in [0.1, 0.15) is 18.4 Å². The van der Waals surface area contributed by atoms with Gasteiger partial charge in [0.2, 0.25) is 0 Å². The quantitative estimate of drug-likeness (QED) is 0.927. The lowest BCUT2D eigenvalue weighted by atomic mass is 9.91. The van der Waals surface area contributed by atoms with E-state index in [4.69, 9.17) is 11.6 Å². The number of hydrogen-bond donors (Lipinski definition) is 1. The molecule has 4 nitrogen and oxygen atoms in total. The predicted octanol–water partition coefficient (Wildman–Crippen LogP) is 1.86. The number of rotatable bonds is 3. The fourth-order valence-corrected chi connectivity index (χ4v) is 5.73. The molecule has 0 spiro atoms. The summed E-state index contributed by atoms with van der Waals surface area (Å²) < 4.78 is 26.7. The minimum absolute atomic E-state index is 0.217. The van der Waals surface area contributed by atoms with Crippen LogP contribution in [0.2, 0.25) is 4.34 Å². The van der Waals surface area contributed by atoms with E-state index in [2.05, 4.69) is 0 Å². The van der Waals surface area contributed by atoms with E-state index in [1.165, 1.54) is 4.31 Å². The zero-order chi connectivity index (χ0) is 13.1. The largest absolute Gasteiger partial charge is 0.387 e. The first-order valence-electron chi connectivity index (χ1n) is 5.81. The average molecular weight is 308 g/mol. The van der Waals surface area contributed by atoms with Gasteiger partial charge in [-0.3, -0.25) is 0 Å². The molecule has 1 aromatic heterocycles. The molecule has 0 atom stereocenters. The second-order valence-corrected chi connectivity index (χ2v) is 8.99. The van der Waals surface area contributed by atoms with E-state index in [1.807, 2.05) is 0 Å². The highest BCUT2D eigenvalue weighted by Gasteiger charge is 2.55. The molecular formula is C11H14ClNO3S2. The maximum Gasteiger partial charge on any atom is 0.252 e. The summed E-state index contributed by atoms with van der Waals surface area (Å²) in [4.78, 5) is 0. The van der Waals surface area contributed by atoms with E-state index in [1.54, 1.807) is 13.0 Å². The number of halogens is 1. The molecule has 1 aromatic rings. The van der Waals surface area contributed by atoms with Gasteiger partial charge in [0, 0.05) is 13.1 Å². The molecule has 1 aliphatic heterocycles. The Balaban J connectivity index is 1.80. The second kappa shape index (κ2) is 3.93. The van der Waals surface area contributed by atoms with Gasteiger partial charge in [0.25, 0.3) is 10.0 Å². The van der Waals surface area contributed by atoms with Crippen molar-refractivity contribution in [3.05, 3.63) is 16.0 Å². The number of aliphatic hydroxyl groups is 1. The molecule has 1 saturated carbocycles. The minimum Gasteiger partial charge on any atom is -0.387 e. The summed E-state index contributed by atoms with van der Waals surface area (Å²) in [6.07, 6.45) is 2.02. The second-order valence-electron chi connectivity index (χ2n) is 5.17. The molecule has 100 valence electrons. The zero-order valence-corrected chi connectivity index (χ0v) is 12.3. The van der Waals surface area contributed by atoms with Crippen LogP contribution in [0, 0.1) is 12.8 Å². The van der Waals surface area contributed by atoms with E-state index < -0.39 is 15.6 Å². The lowest BCUT2D eigenvalue weighted by Gasteiger charge is -2.45. The highest BCUT2D eigenvalue weighted by atomic mass is 35.5. The first kappa shape index (κ1) is 12.9. The highest BCUT2D eigenvalue weighted by molar-refractivity contribution is 7.91. The Bertz CT molecular complexity index is 566. The topological polar surface area (TPSA) is 57.6 Å². The van der Waals surface area contributed by atoms with Gasteiger partial charge in [0.15, 0.2) is 0 Å². The Kier molecular flexibility index (Phi) is 2.81. The van der Waals surface area contributed by atoms with E-state index in [0.29, 0.717) is 4.34 Å². The maximum absolute atomic E-state index is 12.3. The molecule has 7 heteroatoms. The Morgan fingerprint density at radius 2 is 2.11 bits per heavy atom. The van der Waals surface area contributed by atoms with Gasteiger partial charge >= 0.3 is 0 Å². The molecule has 18 heavy (non-hydrogen) atoms. The molecule has 0 unspecified atom stereocenters. The summed E-state index contributed by atoms with van der Waals surface area (Å²) in [6.45, 7) is 2.22. The van der Waals surface area contributed by atoms with E-state index in [9.17, 15) is 13.5 Å². The van der Waals surface area contributed by atoms with Gasteiger partial charge in [-0.2, -0.15) is 4.31 Å². The lowest BCUT2D eigenvalue weighted by molar-refractivity contribution is -0.0764. The molecule has 1 aliphatic carbocycles. The lowest BCUT2D eigenvalue weighted by Crippen LogP contribution is -2.64. The van der Waals surface area contributed by atoms with Gasteiger partial charge in [-0.25, -0.2) is 8.42 Å². The van der Waals surface area contributed by atoms with Crippen LogP contribution in [-0.4, -0.2) is 36.5 Å². The van der Waals surface area contributed by atoms with Crippen molar-refractivity contribution in [3.8, 4) is 0 Å². The van der Waals surface area contributed by atoms with Crippen molar-refractivity contribution >= 4 is 33.0 Å². The van der Waals surface area contributed by atoms with Crippen LogP contribution in [-0.2, 0) is 10.0 Å². The number of sulfonamides is 1. The monoisotopic (exact) mass is 307 g/mol. The van der Waals surface area contributed by atoms with Crippen molar-refractivity contribution in [2.75, 3.05) is 13.1 Å². The standard InChI is InChI=1S/C11H14ClNO3S2/c1-7-4-9(17-10(7)12)18(15,16)13-5-11(14,6-13)8-2-3-8/h4,8,14H,2-3,5-6H2,1H3. The molecular weight excluding hydrogens is 294 g/mol. The summed E-state index contributed by atoms with van der Waals surface area (Å²) in [5, 5.41) is 10.2. The fraction of sp³-hybridized carbons (Fsp3) is 0.636. The summed E-state index contributed by atoms with van der Waals surface area (Å²) in [5.41, 5.74) is -0.0124. The van der Waals surface area contributed by atoms with Crippen molar-refractivity contribution in [2.24, 2.45) is 5.92 Å². The molecule has 0 amide bonds. The normalized spacial score (nSPS) is 23.9. The molecule has 0 bridgehead atoms. The van der Waals surface area contributed by atoms with Crippen LogP contribution in [0.3, 0.4) is 0 Å². The maximum atomic E-state index is 12.3. The number of β-amino-alcohol motifs (C(OH)–C–C–N with tert-alkyl or cyclic N) is 1. The summed E-state index contributed by atoms with van der Waals surface area (Å²) in [6, 6.07) is 1.59. The zero-order valence-electron chi connectivity index (χ0n) is 9.89. The Hall–Kier alpha value is -0.140. The van der Waals surface area contributed by atoms with Crippen LogP contribution in [0.15, 0.2) is 10.3 Å². The Morgan fingerprint density at radius 3 is 2.56 bits per heavy atom. The fourth-order valence-electron chi connectivity index (χ4n) is 2.30. The molecule has 2 fully saturated rings. The predicted molar refractivity (Wildman–Crippen MR) is 70.5 cm³/mol. The number of thiophene rings is 1. The molecule has 1 saturated heterocycles. The van der Waals surface area contributed by atoms with Crippen LogP contribution in [0.4, 0.5) is 0 Å². The van der Waals surface area contributed by atoms with Crippen LogP contribution in [0.25, 0.3) is 0 Å². The molecule has 0 radical (unpaired) electrons. The minimum atomic E-state index is -3.47. The smallest absolute Gasteiger partial charge is 0.252 e. The third-order valence-corrected chi connectivity index (χ3v) is 7.46. The summed E-state index contributed by atoms with van der Waals surface area (Å²) in [7, 11) is -3.47. The number of aryl methyl sites for hydroxylation is 1. The third kappa shape index (κ3) is 1.91. The van der Waals surface area contributed by atoms with E-state index in [0.717, 1.165) is 29.7 Å². The Labute approximate surface area is 115 Å². The molecule has 0 aromatic carbocycles. The van der Waals surface area contributed by atoms with Gasteiger partial charge in [0.1, 0.15) is 4.21 Å². The molecule has 1 N–H and O–H groups in total. The van der Waals surface area contributed by atoms with E-state index >= 15 is 0 Å². The number of nitrogens with zero attached hydrogens (tertiary/aromatic N) is 1. The van der Waals surface area contributed by atoms with Crippen molar-refractivity contribution < 1.29 is 13.5 Å². The van der Waals surface area contributed by atoms with Crippen molar-refractivity contribution in [3.63, 3.8) is 0 Å². The van der Waals surface area contributed by atoms with Gasteiger partial charge in [0.05, 0.1) is 9.94 Å². The van der Waals surface area contributed by atoms with Crippen LogP contribution < -0.4 is 0 Å². The van der Waals surface area contributed by atoms with Gasteiger partial charge in [-0.15, -0.1) is 11.3 Å². The Morgan fingerprint density at radius 1 is 1.50 bits per heavy atom. The first-order valence-corrected chi connectivity index (χ1v) is 8.45. The first-order chi connectivity index (χ1) is 8.33. The van der Waals surface area contributed by atoms with E-state index in [-0.39, 0.29) is 23.2 Å². The molecule has 2 aliphatic rings. The van der Waals surface area contributed by atoms with Crippen molar-refractivity contribution in [2.45, 2.75) is 29.6 Å². The SMILES string of the molecule is Cc1cc(S(=O)(=O)N2CC(O)(C3CC3)C2)sc1Cl. The molecule has 2 heterocycles. The average Bonchev–Trinajstić information content (AvgIpc) is 3.02. The van der Waals surface area contributed by atoms with Crippen molar-refractivity contribution in [1.29, 1.82) is 0 Å². The third-order valence-electron chi connectivity index (χ3n) is 3.67. The summed E-state index contributed by atoms with van der Waals surface area (Å²) >= 11 is 6.98. The van der Waals surface area contributed by atoms with Crippen LogP contribution >= 0.6 is 22.9 Å². The van der Waals surface area contributed by atoms with Gasteiger partial charge < -0.3 is 5.11 Å². The highest BCUT2D eigenvalue weighted by Crippen LogP contribution is 2.46. The summed E-state index contributed by atoms with van der Waals surface area (Å²) in [5.74, 6) is 0.289. The van der Waals surface area contributed by atoms with Crippen molar-refractivity contribution in [1.82, 2.24) is 4.31 Å². The number of hydrogen-bond acceptors (Lipinski definition) is 4. The van der Waals surface area contributed by atoms with Crippen LogP contribution in [0.5, 0.6) is 0 Å².